The zero-order valence-electron chi connectivity index (χ0n) is 11.6. The number of allylic oxidation sites excluding steroid dienone is 2. The minimum absolute atomic E-state index is 0.0187. The number of benzene rings is 1. The fraction of sp³-hybridized carbons (Fsp3) is 0.353. The van der Waals surface area contributed by atoms with Gasteiger partial charge in [0, 0.05) is 24.3 Å². The first-order valence-corrected chi connectivity index (χ1v) is 7.02. The summed E-state index contributed by atoms with van der Waals surface area (Å²) in [7, 11) is 1.64. The van der Waals surface area contributed by atoms with Crippen LogP contribution in [0.15, 0.2) is 53.3 Å². The Morgan fingerprint density at radius 1 is 1.25 bits per heavy atom. The number of rotatable bonds is 3. The van der Waals surface area contributed by atoms with Crippen LogP contribution in [-0.4, -0.2) is 19.2 Å². The molecule has 0 saturated carbocycles. The van der Waals surface area contributed by atoms with E-state index in [-0.39, 0.29) is 12.1 Å². The molecule has 0 bridgehead atoms. The van der Waals surface area contributed by atoms with Crippen molar-refractivity contribution >= 4 is 5.78 Å². The second kappa shape index (κ2) is 5.63. The molecule has 0 radical (unpaired) electrons. The second-order valence-corrected chi connectivity index (χ2v) is 5.14. The van der Waals surface area contributed by atoms with Crippen LogP contribution in [0.2, 0.25) is 0 Å². The molecule has 0 amide bonds. The molecular weight excluding hydrogens is 252 g/mol. The van der Waals surface area contributed by atoms with E-state index in [1.54, 1.807) is 13.2 Å². The highest BCUT2D eigenvalue weighted by molar-refractivity contribution is 6.05. The predicted octanol–water partition coefficient (Wildman–Crippen LogP) is 3.63. The number of hydrogen-bond acceptors (Lipinski definition) is 3. The zero-order valence-corrected chi connectivity index (χ0v) is 11.6. The maximum atomic E-state index is 12.3. The first kappa shape index (κ1) is 13.1. The van der Waals surface area contributed by atoms with Gasteiger partial charge in [-0.25, -0.2) is 0 Å². The normalized spacial score (nSPS) is 23.6. The summed E-state index contributed by atoms with van der Waals surface area (Å²) in [6.45, 7) is 0. The summed E-state index contributed by atoms with van der Waals surface area (Å²) >= 11 is 0. The van der Waals surface area contributed by atoms with E-state index in [4.69, 9.17) is 9.47 Å². The van der Waals surface area contributed by atoms with Crippen molar-refractivity contribution in [1.82, 2.24) is 0 Å². The molecule has 1 heterocycles. The number of methoxy groups -OCH3 is 1. The van der Waals surface area contributed by atoms with E-state index < -0.39 is 0 Å². The standard InChI is InChI=1S/C17H18O3/c1-19-17-14-10-6-5-9-13(14)16(20-17)11-15(18)12-7-3-2-4-8-12/h2-4,7-8,11,17H,5-6,9-10H2,1H3/b16-11-. The number of carbonyl (C=O) groups is 1. The van der Waals surface area contributed by atoms with Crippen molar-refractivity contribution < 1.29 is 14.3 Å². The predicted molar refractivity (Wildman–Crippen MR) is 76.2 cm³/mol. The Kier molecular flexibility index (Phi) is 3.70. The molecule has 3 heteroatoms. The van der Waals surface area contributed by atoms with Gasteiger partial charge in [0.2, 0.25) is 6.29 Å². The van der Waals surface area contributed by atoms with E-state index in [1.165, 1.54) is 17.6 Å². The molecule has 104 valence electrons. The van der Waals surface area contributed by atoms with Crippen LogP contribution in [0.25, 0.3) is 0 Å². The first-order chi connectivity index (χ1) is 9.79. The third-order valence-corrected chi connectivity index (χ3v) is 3.86. The monoisotopic (exact) mass is 270 g/mol. The quantitative estimate of drug-likeness (QED) is 0.621. The molecule has 0 saturated heterocycles. The Labute approximate surface area is 118 Å². The van der Waals surface area contributed by atoms with E-state index in [9.17, 15) is 4.79 Å². The maximum Gasteiger partial charge on any atom is 0.223 e. The van der Waals surface area contributed by atoms with Crippen LogP contribution in [0.1, 0.15) is 36.0 Å². The number of carbonyl (C=O) groups excluding carboxylic acids is 1. The average Bonchev–Trinajstić information content (AvgIpc) is 2.86. The van der Waals surface area contributed by atoms with Crippen molar-refractivity contribution in [1.29, 1.82) is 0 Å². The molecule has 1 aromatic carbocycles. The molecule has 1 aliphatic carbocycles. The highest BCUT2D eigenvalue weighted by Gasteiger charge is 2.32. The molecule has 0 spiro atoms. The highest BCUT2D eigenvalue weighted by atomic mass is 16.7. The largest absolute Gasteiger partial charge is 0.461 e. The Bertz CT molecular complexity index is 569. The van der Waals surface area contributed by atoms with Gasteiger partial charge in [0.1, 0.15) is 5.76 Å². The summed E-state index contributed by atoms with van der Waals surface area (Å²) in [6, 6.07) is 9.27. The molecule has 1 unspecified atom stereocenters. The molecule has 0 aromatic heterocycles. The Morgan fingerprint density at radius 2 is 2.00 bits per heavy atom. The van der Waals surface area contributed by atoms with Gasteiger partial charge in [-0.3, -0.25) is 4.79 Å². The van der Waals surface area contributed by atoms with Gasteiger partial charge in [0.05, 0.1) is 0 Å². The topological polar surface area (TPSA) is 35.5 Å². The van der Waals surface area contributed by atoms with Gasteiger partial charge >= 0.3 is 0 Å². The van der Waals surface area contributed by atoms with Gasteiger partial charge < -0.3 is 9.47 Å². The van der Waals surface area contributed by atoms with Gasteiger partial charge in [-0.05, 0) is 31.3 Å². The smallest absolute Gasteiger partial charge is 0.223 e. The van der Waals surface area contributed by atoms with Gasteiger partial charge in [0.15, 0.2) is 5.78 Å². The average molecular weight is 270 g/mol. The Morgan fingerprint density at radius 3 is 2.75 bits per heavy atom. The fourth-order valence-corrected chi connectivity index (χ4v) is 2.84. The number of hydrogen-bond donors (Lipinski definition) is 0. The van der Waals surface area contributed by atoms with E-state index >= 15 is 0 Å². The third-order valence-electron chi connectivity index (χ3n) is 3.86. The molecule has 3 rings (SSSR count). The lowest BCUT2D eigenvalue weighted by Gasteiger charge is -2.14. The number of ether oxygens (including phenoxy) is 2. The summed E-state index contributed by atoms with van der Waals surface area (Å²) < 4.78 is 11.2. The van der Waals surface area contributed by atoms with Gasteiger partial charge in [-0.1, -0.05) is 30.3 Å². The van der Waals surface area contributed by atoms with E-state index in [0.717, 1.165) is 19.3 Å². The summed E-state index contributed by atoms with van der Waals surface area (Å²) in [5, 5.41) is 0. The molecule has 20 heavy (non-hydrogen) atoms. The van der Waals surface area contributed by atoms with Gasteiger partial charge in [-0.15, -0.1) is 0 Å². The second-order valence-electron chi connectivity index (χ2n) is 5.14. The zero-order chi connectivity index (χ0) is 13.9. The molecule has 3 nitrogen and oxygen atoms in total. The van der Waals surface area contributed by atoms with Crippen molar-refractivity contribution in [3.63, 3.8) is 0 Å². The highest BCUT2D eigenvalue weighted by Crippen LogP contribution is 2.40. The van der Waals surface area contributed by atoms with Crippen LogP contribution in [0, 0.1) is 0 Å². The lowest BCUT2D eigenvalue weighted by Crippen LogP contribution is -2.12. The van der Waals surface area contributed by atoms with Crippen molar-refractivity contribution in [2.24, 2.45) is 0 Å². The lowest BCUT2D eigenvalue weighted by atomic mass is 9.91. The van der Waals surface area contributed by atoms with Crippen molar-refractivity contribution in [2.45, 2.75) is 32.0 Å². The summed E-state index contributed by atoms with van der Waals surface area (Å²) in [5.41, 5.74) is 3.07. The van der Waals surface area contributed by atoms with E-state index in [1.807, 2.05) is 30.3 Å². The maximum absolute atomic E-state index is 12.3. The molecule has 0 fully saturated rings. The van der Waals surface area contributed by atoms with Crippen LogP contribution in [0.5, 0.6) is 0 Å². The Hall–Kier alpha value is -1.87. The summed E-state index contributed by atoms with van der Waals surface area (Å²) in [5.74, 6) is 0.676. The van der Waals surface area contributed by atoms with Crippen molar-refractivity contribution in [2.75, 3.05) is 7.11 Å². The van der Waals surface area contributed by atoms with Crippen LogP contribution < -0.4 is 0 Å². The molecular formula is C17H18O3. The van der Waals surface area contributed by atoms with Crippen LogP contribution in [0.4, 0.5) is 0 Å². The van der Waals surface area contributed by atoms with Gasteiger partial charge in [-0.2, -0.15) is 0 Å². The van der Waals surface area contributed by atoms with E-state index in [2.05, 4.69) is 0 Å². The minimum Gasteiger partial charge on any atom is -0.461 e. The minimum atomic E-state index is -0.305. The van der Waals surface area contributed by atoms with Crippen molar-refractivity contribution in [3.05, 3.63) is 58.9 Å². The van der Waals surface area contributed by atoms with Crippen LogP contribution in [0.3, 0.4) is 0 Å². The lowest BCUT2D eigenvalue weighted by molar-refractivity contribution is -0.0537. The van der Waals surface area contributed by atoms with E-state index in [0.29, 0.717) is 11.3 Å². The molecule has 0 N–H and O–H groups in total. The molecule has 1 aromatic rings. The fourth-order valence-electron chi connectivity index (χ4n) is 2.84. The third kappa shape index (κ3) is 2.41. The van der Waals surface area contributed by atoms with Crippen LogP contribution in [-0.2, 0) is 9.47 Å². The van der Waals surface area contributed by atoms with Crippen LogP contribution >= 0.6 is 0 Å². The Balaban J connectivity index is 1.89. The summed E-state index contributed by atoms with van der Waals surface area (Å²) in [6.07, 6.45) is 5.60. The molecule has 1 atom stereocenters. The van der Waals surface area contributed by atoms with Gasteiger partial charge in [0.25, 0.3) is 0 Å². The molecule has 2 aliphatic rings. The summed E-state index contributed by atoms with van der Waals surface area (Å²) in [4.78, 5) is 12.3. The number of ketones is 1. The van der Waals surface area contributed by atoms with Crippen molar-refractivity contribution in [3.8, 4) is 0 Å². The first-order valence-electron chi connectivity index (χ1n) is 7.02. The SMILES string of the molecule is COC1O/C(=C\C(=O)c2ccccc2)C2=C1CCCC2. The molecule has 1 aliphatic heterocycles.